The van der Waals surface area contributed by atoms with Gasteiger partial charge in [-0.25, -0.2) is 0 Å². The van der Waals surface area contributed by atoms with Crippen LogP contribution in [0.3, 0.4) is 0 Å². The van der Waals surface area contributed by atoms with Gasteiger partial charge in [0.25, 0.3) is 0 Å². The quantitative estimate of drug-likeness (QED) is 0.344. The van der Waals surface area contributed by atoms with Gasteiger partial charge in [0.1, 0.15) is 5.71 Å². The van der Waals surface area contributed by atoms with Gasteiger partial charge in [-0.1, -0.05) is 19.0 Å². The Balaban J connectivity index is 4.19. The van der Waals surface area contributed by atoms with Crippen molar-refractivity contribution in [3.8, 4) is 0 Å². The van der Waals surface area contributed by atoms with Crippen LogP contribution < -0.4 is 0 Å². The molecule has 0 bridgehead atoms. The van der Waals surface area contributed by atoms with E-state index in [0.29, 0.717) is 0 Å². The van der Waals surface area contributed by atoms with Crippen LogP contribution in [0, 0.1) is 5.92 Å². The fourth-order valence-electron chi connectivity index (χ4n) is 0.592. The maximum atomic E-state index is 10.5. The number of hydrogen-bond donors (Lipinski definition) is 1. The van der Waals surface area contributed by atoms with E-state index in [0.717, 1.165) is 0 Å². The molecule has 0 aromatic heterocycles. The van der Waals surface area contributed by atoms with Gasteiger partial charge in [0, 0.05) is 12.8 Å². The lowest BCUT2D eigenvalue weighted by molar-refractivity contribution is -0.111. The van der Waals surface area contributed by atoms with Crippen molar-refractivity contribution in [3.63, 3.8) is 0 Å². The minimum absolute atomic E-state index is 0.00694. The van der Waals surface area contributed by atoms with Crippen LogP contribution in [0.2, 0.25) is 0 Å². The molecule has 0 aliphatic carbocycles. The second-order valence-corrected chi connectivity index (χ2v) is 2.20. The first kappa shape index (κ1) is 8.14. The third-order valence-corrected chi connectivity index (χ3v) is 1.02. The Kier molecular flexibility index (Phi) is 2.91. The average molecular weight is 129 g/mol. The van der Waals surface area contributed by atoms with E-state index in [1.807, 2.05) is 0 Å². The molecule has 0 amide bonds. The molecule has 3 heteroatoms. The summed E-state index contributed by atoms with van der Waals surface area (Å²) in [7, 11) is 0. The molecular weight excluding hydrogens is 118 g/mol. The van der Waals surface area contributed by atoms with E-state index in [1.54, 1.807) is 13.8 Å². The lowest BCUT2D eigenvalue weighted by Gasteiger charge is -2.00. The van der Waals surface area contributed by atoms with Crippen LogP contribution in [0.5, 0.6) is 0 Å². The minimum Gasteiger partial charge on any atom is -0.411 e. The summed E-state index contributed by atoms with van der Waals surface area (Å²) in [4.78, 5) is 10.5. The maximum Gasteiger partial charge on any atom is 0.177 e. The summed E-state index contributed by atoms with van der Waals surface area (Å²) in [5, 5.41) is 11.1. The van der Waals surface area contributed by atoms with E-state index in [9.17, 15) is 4.79 Å². The van der Waals surface area contributed by atoms with Gasteiger partial charge in [-0.05, 0) is 0 Å². The van der Waals surface area contributed by atoms with Crippen molar-refractivity contribution in [2.75, 3.05) is 0 Å². The average Bonchev–Trinajstić information content (AvgIpc) is 1.64. The Bertz CT molecular complexity index is 138. The summed E-state index contributed by atoms with van der Waals surface area (Å²) in [5.74, 6) is -0.167. The number of carbonyl (C=O) groups excluding carboxylic acids is 1. The number of nitrogens with zero attached hydrogens (tertiary/aromatic N) is 1. The zero-order chi connectivity index (χ0) is 7.44. The molecular formula is C6H11NO2. The SMILES string of the molecule is CC(=O)/C(=N\O)C(C)C. The lowest BCUT2D eigenvalue weighted by Crippen LogP contribution is -2.16. The number of hydrogen-bond acceptors (Lipinski definition) is 3. The molecule has 0 aromatic carbocycles. The molecule has 0 rings (SSSR count). The highest BCUT2D eigenvalue weighted by Crippen LogP contribution is 1.96. The molecule has 0 atom stereocenters. The Morgan fingerprint density at radius 3 is 2.00 bits per heavy atom. The molecule has 1 N–H and O–H groups in total. The lowest BCUT2D eigenvalue weighted by atomic mass is 10.1. The topological polar surface area (TPSA) is 49.7 Å². The van der Waals surface area contributed by atoms with Gasteiger partial charge < -0.3 is 5.21 Å². The molecule has 9 heavy (non-hydrogen) atoms. The van der Waals surface area contributed by atoms with Gasteiger partial charge >= 0.3 is 0 Å². The van der Waals surface area contributed by atoms with E-state index in [4.69, 9.17) is 5.21 Å². The summed E-state index contributed by atoms with van der Waals surface area (Å²) in [6, 6.07) is 0. The molecule has 52 valence electrons. The molecule has 0 aliphatic rings. The first-order chi connectivity index (χ1) is 4.09. The molecule has 0 radical (unpaired) electrons. The van der Waals surface area contributed by atoms with E-state index >= 15 is 0 Å². The van der Waals surface area contributed by atoms with Crippen LogP contribution in [-0.2, 0) is 4.79 Å². The van der Waals surface area contributed by atoms with E-state index < -0.39 is 0 Å². The summed E-state index contributed by atoms with van der Waals surface area (Å²) in [6.07, 6.45) is 0. The van der Waals surface area contributed by atoms with Crippen molar-refractivity contribution in [2.45, 2.75) is 20.8 Å². The van der Waals surface area contributed by atoms with E-state index in [-0.39, 0.29) is 17.4 Å². The number of carbonyl (C=O) groups is 1. The predicted octanol–water partition coefficient (Wildman–Crippen LogP) is 1.06. The highest BCUT2D eigenvalue weighted by atomic mass is 16.4. The molecule has 0 heterocycles. The van der Waals surface area contributed by atoms with Gasteiger partial charge in [-0.3, -0.25) is 4.79 Å². The van der Waals surface area contributed by atoms with Crippen molar-refractivity contribution in [3.05, 3.63) is 0 Å². The van der Waals surface area contributed by atoms with E-state index in [1.165, 1.54) is 6.92 Å². The standard InChI is InChI=1S/C6H11NO2/c1-4(2)6(7-9)5(3)8/h4,9H,1-3H3/b7-6-. The second kappa shape index (κ2) is 3.22. The van der Waals surface area contributed by atoms with Crippen molar-refractivity contribution in [2.24, 2.45) is 11.1 Å². The van der Waals surface area contributed by atoms with Crippen molar-refractivity contribution in [1.29, 1.82) is 0 Å². The number of oxime groups is 1. The molecule has 0 aromatic rings. The van der Waals surface area contributed by atoms with Crippen LogP contribution in [0.4, 0.5) is 0 Å². The smallest absolute Gasteiger partial charge is 0.177 e. The monoisotopic (exact) mass is 129 g/mol. The van der Waals surface area contributed by atoms with Gasteiger partial charge in [-0.15, -0.1) is 0 Å². The summed E-state index contributed by atoms with van der Waals surface area (Å²) in [6.45, 7) is 4.99. The molecule has 0 aliphatic heterocycles. The molecule has 0 fully saturated rings. The predicted molar refractivity (Wildman–Crippen MR) is 34.7 cm³/mol. The molecule has 0 saturated heterocycles. The first-order valence-corrected chi connectivity index (χ1v) is 2.82. The Labute approximate surface area is 54.4 Å². The largest absolute Gasteiger partial charge is 0.411 e. The normalized spacial score (nSPS) is 12.2. The van der Waals surface area contributed by atoms with E-state index in [2.05, 4.69) is 5.16 Å². The Morgan fingerprint density at radius 1 is 1.56 bits per heavy atom. The second-order valence-electron chi connectivity index (χ2n) is 2.20. The van der Waals surface area contributed by atoms with Crippen molar-refractivity contribution < 1.29 is 10.0 Å². The third-order valence-electron chi connectivity index (χ3n) is 1.02. The van der Waals surface area contributed by atoms with Crippen LogP contribution >= 0.6 is 0 Å². The van der Waals surface area contributed by atoms with Gasteiger partial charge in [0.15, 0.2) is 5.78 Å². The van der Waals surface area contributed by atoms with Gasteiger partial charge in [-0.2, -0.15) is 0 Å². The summed E-state index contributed by atoms with van der Waals surface area (Å²) in [5.41, 5.74) is 0.231. The summed E-state index contributed by atoms with van der Waals surface area (Å²) < 4.78 is 0. The molecule has 0 unspecified atom stereocenters. The zero-order valence-electron chi connectivity index (χ0n) is 5.88. The minimum atomic E-state index is -0.174. The fraction of sp³-hybridized carbons (Fsp3) is 0.667. The fourth-order valence-corrected chi connectivity index (χ4v) is 0.592. The summed E-state index contributed by atoms with van der Waals surface area (Å²) >= 11 is 0. The van der Waals surface area contributed by atoms with Crippen LogP contribution in [0.25, 0.3) is 0 Å². The number of Topliss-reactive ketones (excluding diaryl/α,β-unsaturated/α-hetero) is 1. The van der Waals surface area contributed by atoms with Crippen LogP contribution in [-0.4, -0.2) is 16.7 Å². The van der Waals surface area contributed by atoms with Crippen molar-refractivity contribution in [1.82, 2.24) is 0 Å². The zero-order valence-corrected chi connectivity index (χ0v) is 5.88. The maximum absolute atomic E-state index is 10.5. The Morgan fingerprint density at radius 2 is 2.00 bits per heavy atom. The molecule has 3 nitrogen and oxygen atoms in total. The highest BCUT2D eigenvalue weighted by Gasteiger charge is 2.09. The van der Waals surface area contributed by atoms with Crippen LogP contribution in [0.1, 0.15) is 20.8 Å². The Hall–Kier alpha value is -0.860. The van der Waals surface area contributed by atoms with Crippen molar-refractivity contribution >= 4 is 11.5 Å². The number of rotatable bonds is 2. The molecule has 0 spiro atoms. The first-order valence-electron chi connectivity index (χ1n) is 2.82. The molecule has 0 saturated carbocycles. The van der Waals surface area contributed by atoms with Gasteiger partial charge in [0.2, 0.25) is 0 Å². The van der Waals surface area contributed by atoms with Crippen LogP contribution in [0.15, 0.2) is 5.16 Å². The number of ketones is 1. The highest BCUT2D eigenvalue weighted by molar-refractivity contribution is 6.39. The third kappa shape index (κ3) is 2.26. The van der Waals surface area contributed by atoms with Gasteiger partial charge in [0.05, 0.1) is 0 Å².